The SMILES string of the molecule is COC1OC=CCC1(OC)OC. The molecule has 1 atom stereocenters. The molecule has 1 aliphatic rings. The van der Waals surface area contributed by atoms with Crippen LogP contribution in [0.1, 0.15) is 6.42 Å². The van der Waals surface area contributed by atoms with Gasteiger partial charge in [-0.15, -0.1) is 0 Å². The molecule has 0 bridgehead atoms. The summed E-state index contributed by atoms with van der Waals surface area (Å²) in [5, 5.41) is 0. The predicted molar refractivity (Wildman–Crippen MR) is 42.4 cm³/mol. The summed E-state index contributed by atoms with van der Waals surface area (Å²) in [5.74, 6) is -0.802. The largest absolute Gasteiger partial charge is 0.467 e. The van der Waals surface area contributed by atoms with Crippen molar-refractivity contribution >= 4 is 0 Å². The fourth-order valence-corrected chi connectivity index (χ4v) is 1.22. The first-order valence-corrected chi connectivity index (χ1v) is 3.72. The standard InChI is InChI=1S/C8H14O4/c1-9-7-8(10-2,11-3)5-4-6-12-7/h4,6-7H,5H2,1-3H3. The molecule has 1 rings (SSSR count). The van der Waals surface area contributed by atoms with Gasteiger partial charge in [0.15, 0.2) is 0 Å². The molecule has 1 aliphatic heterocycles. The Morgan fingerprint density at radius 1 is 1.33 bits per heavy atom. The van der Waals surface area contributed by atoms with Crippen LogP contribution >= 0.6 is 0 Å². The topological polar surface area (TPSA) is 36.9 Å². The van der Waals surface area contributed by atoms with Gasteiger partial charge in [0.2, 0.25) is 5.79 Å². The van der Waals surface area contributed by atoms with Gasteiger partial charge < -0.3 is 18.9 Å². The van der Waals surface area contributed by atoms with Crippen molar-refractivity contribution in [1.29, 1.82) is 0 Å². The van der Waals surface area contributed by atoms with Crippen LogP contribution in [-0.2, 0) is 18.9 Å². The maximum absolute atomic E-state index is 5.21. The van der Waals surface area contributed by atoms with Crippen LogP contribution in [0.25, 0.3) is 0 Å². The van der Waals surface area contributed by atoms with E-state index >= 15 is 0 Å². The first-order chi connectivity index (χ1) is 5.79. The summed E-state index contributed by atoms with van der Waals surface area (Å²) in [4.78, 5) is 0. The van der Waals surface area contributed by atoms with Crippen LogP contribution in [0.4, 0.5) is 0 Å². The Morgan fingerprint density at radius 2 is 2.00 bits per heavy atom. The fraction of sp³-hybridized carbons (Fsp3) is 0.750. The molecule has 0 fully saturated rings. The van der Waals surface area contributed by atoms with E-state index in [-0.39, 0.29) is 0 Å². The monoisotopic (exact) mass is 174 g/mol. The molecule has 0 aromatic rings. The zero-order valence-corrected chi connectivity index (χ0v) is 7.57. The van der Waals surface area contributed by atoms with Gasteiger partial charge in [0.25, 0.3) is 6.29 Å². The van der Waals surface area contributed by atoms with E-state index in [0.29, 0.717) is 6.42 Å². The van der Waals surface area contributed by atoms with Crippen molar-refractivity contribution < 1.29 is 18.9 Å². The first-order valence-electron chi connectivity index (χ1n) is 3.72. The molecule has 12 heavy (non-hydrogen) atoms. The van der Waals surface area contributed by atoms with Gasteiger partial charge in [-0.1, -0.05) is 0 Å². The normalized spacial score (nSPS) is 26.8. The lowest BCUT2D eigenvalue weighted by Crippen LogP contribution is -2.49. The van der Waals surface area contributed by atoms with Gasteiger partial charge in [0.05, 0.1) is 6.26 Å². The third kappa shape index (κ3) is 1.46. The molecule has 4 nitrogen and oxygen atoms in total. The quantitative estimate of drug-likeness (QED) is 0.595. The Morgan fingerprint density at radius 3 is 2.42 bits per heavy atom. The van der Waals surface area contributed by atoms with Crippen LogP contribution in [0.15, 0.2) is 12.3 Å². The van der Waals surface area contributed by atoms with Gasteiger partial charge in [-0.25, -0.2) is 0 Å². The molecule has 0 N–H and O–H groups in total. The van der Waals surface area contributed by atoms with E-state index in [4.69, 9.17) is 18.9 Å². The molecule has 0 aliphatic carbocycles. The summed E-state index contributed by atoms with van der Waals surface area (Å²) in [7, 11) is 4.69. The molecule has 1 unspecified atom stereocenters. The Hall–Kier alpha value is -0.580. The lowest BCUT2D eigenvalue weighted by atomic mass is 10.1. The Balaban J connectivity index is 2.75. The number of methoxy groups -OCH3 is 3. The third-order valence-corrected chi connectivity index (χ3v) is 1.96. The van der Waals surface area contributed by atoms with Gasteiger partial charge >= 0.3 is 0 Å². The lowest BCUT2D eigenvalue weighted by molar-refractivity contribution is -0.324. The molecule has 0 radical (unpaired) electrons. The minimum Gasteiger partial charge on any atom is -0.467 e. The highest BCUT2D eigenvalue weighted by Crippen LogP contribution is 2.28. The van der Waals surface area contributed by atoms with E-state index in [1.54, 1.807) is 27.6 Å². The minimum absolute atomic E-state index is 0.502. The van der Waals surface area contributed by atoms with E-state index in [0.717, 1.165) is 0 Å². The second-order valence-electron chi connectivity index (χ2n) is 2.50. The molecular weight excluding hydrogens is 160 g/mol. The van der Waals surface area contributed by atoms with Crippen molar-refractivity contribution in [2.45, 2.75) is 18.5 Å². The second kappa shape index (κ2) is 3.89. The summed E-state index contributed by atoms with van der Waals surface area (Å²) in [5.41, 5.74) is 0. The molecule has 0 spiro atoms. The van der Waals surface area contributed by atoms with Crippen LogP contribution in [0, 0.1) is 0 Å². The van der Waals surface area contributed by atoms with Crippen molar-refractivity contribution in [3.8, 4) is 0 Å². The van der Waals surface area contributed by atoms with Crippen LogP contribution in [0.5, 0.6) is 0 Å². The second-order valence-corrected chi connectivity index (χ2v) is 2.50. The van der Waals surface area contributed by atoms with Crippen molar-refractivity contribution in [1.82, 2.24) is 0 Å². The Bertz CT molecular complexity index is 162. The average Bonchev–Trinajstić information content (AvgIpc) is 2.17. The van der Waals surface area contributed by atoms with Crippen LogP contribution in [-0.4, -0.2) is 33.4 Å². The van der Waals surface area contributed by atoms with Crippen LogP contribution in [0.2, 0.25) is 0 Å². The smallest absolute Gasteiger partial charge is 0.253 e. The minimum atomic E-state index is -0.802. The van der Waals surface area contributed by atoms with Gasteiger partial charge in [0, 0.05) is 27.8 Å². The van der Waals surface area contributed by atoms with Crippen molar-refractivity contribution in [2.24, 2.45) is 0 Å². The van der Waals surface area contributed by atoms with Gasteiger partial charge in [-0.3, -0.25) is 0 Å². The van der Waals surface area contributed by atoms with E-state index in [1.807, 2.05) is 6.08 Å². The molecule has 0 amide bonds. The van der Waals surface area contributed by atoms with Crippen LogP contribution in [0.3, 0.4) is 0 Å². The first kappa shape index (κ1) is 9.51. The summed E-state index contributed by atoms with van der Waals surface area (Å²) in [6.07, 6.45) is 3.54. The molecule has 1 heterocycles. The number of ether oxygens (including phenoxy) is 4. The number of hydrogen-bond acceptors (Lipinski definition) is 4. The summed E-state index contributed by atoms with van der Waals surface area (Å²) in [6, 6.07) is 0. The Labute approximate surface area is 72.1 Å². The van der Waals surface area contributed by atoms with Crippen molar-refractivity contribution in [3.05, 3.63) is 12.3 Å². The maximum atomic E-state index is 5.21. The van der Waals surface area contributed by atoms with E-state index < -0.39 is 12.1 Å². The maximum Gasteiger partial charge on any atom is 0.253 e. The van der Waals surface area contributed by atoms with E-state index in [9.17, 15) is 0 Å². The fourth-order valence-electron chi connectivity index (χ4n) is 1.22. The highest BCUT2D eigenvalue weighted by atomic mass is 16.8. The van der Waals surface area contributed by atoms with E-state index in [1.165, 1.54) is 0 Å². The van der Waals surface area contributed by atoms with Gasteiger partial charge in [0.1, 0.15) is 0 Å². The summed E-state index contributed by atoms with van der Waals surface area (Å²) in [6.45, 7) is 0. The Kier molecular flexibility index (Phi) is 3.08. The lowest BCUT2D eigenvalue weighted by Gasteiger charge is -2.37. The van der Waals surface area contributed by atoms with Crippen molar-refractivity contribution in [2.75, 3.05) is 21.3 Å². The summed E-state index contributed by atoms with van der Waals surface area (Å²) >= 11 is 0. The highest BCUT2D eigenvalue weighted by Gasteiger charge is 2.42. The van der Waals surface area contributed by atoms with Crippen molar-refractivity contribution in [3.63, 3.8) is 0 Å². The highest BCUT2D eigenvalue weighted by molar-refractivity contribution is 4.91. The zero-order valence-electron chi connectivity index (χ0n) is 7.57. The number of rotatable bonds is 3. The molecule has 0 aromatic carbocycles. The molecule has 70 valence electrons. The molecule has 0 saturated carbocycles. The summed E-state index contributed by atoms with van der Waals surface area (Å²) < 4.78 is 20.7. The molecule has 0 saturated heterocycles. The zero-order chi connectivity index (χ0) is 9.03. The van der Waals surface area contributed by atoms with E-state index in [2.05, 4.69) is 0 Å². The predicted octanol–water partition coefficient (Wildman–Crippen LogP) is 0.882. The molecular formula is C8H14O4. The average molecular weight is 174 g/mol. The molecule has 4 heteroatoms. The van der Waals surface area contributed by atoms with Crippen LogP contribution < -0.4 is 0 Å². The van der Waals surface area contributed by atoms with Gasteiger partial charge in [-0.2, -0.15) is 0 Å². The van der Waals surface area contributed by atoms with Gasteiger partial charge in [-0.05, 0) is 6.08 Å². The third-order valence-electron chi connectivity index (χ3n) is 1.96. The number of hydrogen-bond donors (Lipinski definition) is 0. The molecule has 0 aromatic heterocycles.